The maximum Gasteiger partial charge on any atom is 0.266 e. The summed E-state index contributed by atoms with van der Waals surface area (Å²) in [6.07, 6.45) is 1.35. The van der Waals surface area contributed by atoms with Crippen LogP contribution in [0.4, 0.5) is 5.00 Å². The summed E-state index contributed by atoms with van der Waals surface area (Å²) in [6, 6.07) is 7.75. The largest absolute Gasteiger partial charge is 0.504 e. The number of aryl methyl sites for hydroxylation is 2. The lowest BCUT2D eigenvalue weighted by atomic mass is 10.1. The number of phenols is 2. The van der Waals surface area contributed by atoms with E-state index < -0.39 is 5.91 Å². The first-order chi connectivity index (χ1) is 10.4. The standard InChI is InChI=1S/C16H14N2O3S/c1-9-5-15(22-10(9)2)18-16(21)12(8-17)6-11-3-4-13(19)14(20)7-11/h3-7,19-20H,1-2H3,(H,18,21)/b12-6+. The zero-order valence-corrected chi connectivity index (χ0v) is 12.9. The molecule has 0 fully saturated rings. The van der Waals surface area contributed by atoms with Gasteiger partial charge in [-0.1, -0.05) is 6.07 Å². The number of benzene rings is 1. The van der Waals surface area contributed by atoms with Crippen molar-refractivity contribution in [2.45, 2.75) is 13.8 Å². The maximum atomic E-state index is 12.1. The molecule has 0 unspecified atom stereocenters. The van der Waals surface area contributed by atoms with Crippen molar-refractivity contribution in [3.63, 3.8) is 0 Å². The zero-order valence-electron chi connectivity index (χ0n) is 12.0. The minimum Gasteiger partial charge on any atom is -0.504 e. The van der Waals surface area contributed by atoms with Crippen LogP contribution < -0.4 is 5.32 Å². The Balaban J connectivity index is 2.23. The number of aromatic hydroxyl groups is 2. The van der Waals surface area contributed by atoms with Gasteiger partial charge in [-0.3, -0.25) is 4.79 Å². The van der Waals surface area contributed by atoms with Crippen molar-refractivity contribution >= 4 is 28.3 Å². The normalized spacial score (nSPS) is 11.0. The molecule has 5 nitrogen and oxygen atoms in total. The summed E-state index contributed by atoms with van der Waals surface area (Å²) in [5, 5.41) is 31.2. The number of carbonyl (C=O) groups is 1. The molecule has 0 spiro atoms. The zero-order chi connectivity index (χ0) is 16.3. The highest BCUT2D eigenvalue weighted by atomic mass is 32.1. The molecule has 0 aliphatic heterocycles. The van der Waals surface area contributed by atoms with Crippen LogP contribution in [0.5, 0.6) is 11.5 Å². The lowest BCUT2D eigenvalue weighted by Gasteiger charge is -2.02. The van der Waals surface area contributed by atoms with Crippen LogP contribution in [-0.4, -0.2) is 16.1 Å². The highest BCUT2D eigenvalue weighted by molar-refractivity contribution is 7.16. The van der Waals surface area contributed by atoms with Gasteiger partial charge in [0.15, 0.2) is 11.5 Å². The molecule has 0 atom stereocenters. The van der Waals surface area contributed by atoms with E-state index in [0.29, 0.717) is 10.6 Å². The van der Waals surface area contributed by atoms with E-state index in [-0.39, 0.29) is 17.1 Å². The number of amides is 1. The van der Waals surface area contributed by atoms with Gasteiger partial charge in [-0.25, -0.2) is 0 Å². The fourth-order valence-electron chi connectivity index (χ4n) is 1.76. The first-order valence-electron chi connectivity index (χ1n) is 6.43. The second-order valence-electron chi connectivity index (χ2n) is 4.72. The number of hydrogen-bond donors (Lipinski definition) is 3. The predicted octanol–water partition coefficient (Wildman–Crippen LogP) is 3.32. The molecule has 1 aromatic heterocycles. The third-order valence-corrected chi connectivity index (χ3v) is 4.15. The molecule has 0 radical (unpaired) electrons. The number of hydrogen-bond acceptors (Lipinski definition) is 5. The number of anilines is 1. The summed E-state index contributed by atoms with van der Waals surface area (Å²) < 4.78 is 0. The molecule has 1 amide bonds. The number of phenolic OH excluding ortho intramolecular Hbond substituents is 2. The molecular formula is C16H14N2O3S. The lowest BCUT2D eigenvalue weighted by molar-refractivity contribution is -0.112. The summed E-state index contributed by atoms with van der Waals surface area (Å²) >= 11 is 1.44. The first kappa shape index (κ1) is 15.6. The Kier molecular flexibility index (Phi) is 4.49. The molecule has 3 N–H and O–H groups in total. The van der Waals surface area contributed by atoms with Gasteiger partial charge >= 0.3 is 0 Å². The van der Waals surface area contributed by atoms with Gasteiger partial charge in [0.25, 0.3) is 5.91 Å². The lowest BCUT2D eigenvalue weighted by Crippen LogP contribution is -2.12. The van der Waals surface area contributed by atoms with Crippen molar-refractivity contribution in [2.75, 3.05) is 5.32 Å². The minimum atomic E-state index is -0.517. The van der Waals surface area contributed by atoms with Gasteiger partial charge in [-0.2, -0.15) is 5.26 Å². The maximum absolute atomic E-state index is 12.1. The van der Waals surface area contributed by atoms with E-state index in [1.165, 1.54) is 35.6 Å². The van der Waals surface area contributed by atoms with Crippen molar-refractivity contribution in [1.29, 1.82) is 5.26 Å². The molecule has 1 aromatic carbocycles. The van der Waals surface area contributed by atoms with E-state index in [1.807, 2.05) is 26.0 Å². The number of rotatable bonds is 3. The van der Waals surface area contributed by atoms with Crippen LogP contribution in [0, 0.1) is 25.2 Å². The molecule has 2 rings (SSSR count). The molecule has 0 bridgehead atoms. The Bertz CT molecular complexity index is 781. The fraction of sp³-hybridized carbons (Fsp3) is 0.125. The average molecular weight is 314 g/mol. The summed E-state index contributed by atoms with van der Waals surface area (Å²) in [4.78, 5) is 13.2. The highest BCUT2D eigenvalue weighted by Gasteiger charge is 2.12. The monoisotopic (exact) mass is 314 g/mol. The fourth-order valence-corrected chi connectivity index (χ4v) is 2.69. The van der Waals surface area contributed by atoms with Crippen LogP contribution in [-0.2, 0) is 4.79 Å². The number of thiophene rings is 1. The second kappa shape index (κ2) is 6.33. The molecular weight excluding hydrogens is 300 g/mol. The quantitative estimate of drug-likeness (QED) is 0.460. The van der Waals surface area contributed by atoms with Crippen LogP contribution in [0.15, 0.2) is 29.8 Å². The van der Waals surface area contributed by atoms with Crippen LogP contribution in [0.25, 0.3) is 6.08 Å². The summed E-state index contributed by atoms with van der Waals surface area (Å²) in [6.45, 7) is 3.90. The molecule has 1 heterocycles. The van der Waals surface area contributed by atoms with E-state index in [4.69, 9.17) is 5.26 Å². The Hall–Kier alpha value is -2.78. The van der Waals surface area contributed by atoms with E-state index in [9.17, 15) is 15.0 Å². The van der Waals surface area contributed by atoms with E-state index >= 15 is 0 Å². The van der Waals surface area contributed by atoms with Crippen molar-refractivity contribution in [3.05, 3.63) is 45.8 Å². The topological polar surface area (TPSA) is 93.4 Å². The van der Waals surface area contributed by atoms with E-state index in [0.717, 1.165) is 10.4 Å². The van der Waals surface area contributed by atoms with Crippen molar-refractivity contribution in [2.24, 2.45) is 0 Å². The van der Waals surface area contributed by atoms with Crippen LogP contribution >= 0.6 is 11.3 Å². The molecule has 2 aromatic rings. The molecule has 0 aliphatic carbocycles. The summed E-state index contributed by atoms with van der Waals surface area (Å²) in [5.74, 6) is -1.09. The predicted molar refractivity (Wildman–Crippen MR) is 85.8 cm³/mol. The minimum absolute atomic E-state index is 0.0891. The number of carbonyl (C=O) groups excluding carboxylic acids is 1. The Morgan fingerprint density at radius 2 is 2.00 bits per heavy atom. The Labute approximate surface area is 131 Å². The second-order valence-corrected chi connectivity index (χ2v) is 5.98. The SMILES string of the molecule is Cc1cc(NC(=O)/C(C#N)=C/c2ccc(O)c(O)c2)sc1C. The van der Waals surface area contributed by atoms with Gasteiger partial charge in [-0.15, -0.1) is 11.3 Å². The molecule has 6 heteroatoms. The smallest absolute Gasteiger partial charge is 0.266 e. The van der Waals surface area contributed by atoms with Gasteiger partial charge in [-0.05, 0) is 49.2 Å². The molecule has 22 heavy (non-hydrogen) atoms. The number of nitriles is 1. The van der Waals surface area contributed by atoms with Crippen molar-refractivity contribution in [1.82, 2.24) is 0 Å². The van der Waals surface area contributed by atoms with E-state index in [1.54, 1.807) is 0 Å². The number of nitrogens with one attached hydrogen (secondary N) is 1. The van der Waals surface area contributed by atoms with Crippen LogP contribution in [0.3, 0.4) is 0 Å². The van der Waals surface area contributed by atoms with Crippen molar-refractivity contribution < 1.29 is 15.0 Å². The molecule has 112 valence electrons. The van der Waals surface area contributed by atoms with Gasteiger partial charge in [0, 0.05) is 4.88 Å². The van der Waals surface area contributed by atoms with E-state index in [2.05, 4.69) is 5.32 Å². The van der Waals surface area contributed by atoms with Gasteiger partial charge in [0.1, 0.15) is 11.6 Å². The highest BCUT2D eigenvalue weighted by Crippen LogP contribution is 2.27. The first-order valence-corrected chi connectivity index (χ1v) is 7.24. The van der Waals surface area contributed by atoms with Gasteiger partial charge in [0.2, 0.25) is 0 Å². The van der Waals surface area contributed by atoms with Crippen LogP contribution in [0.1, 0.15) is 16.0 Å². The number of nitrogens with zero attached hydrogens (tertiary/aromatic N) is 1. The van der Waals surface area contributed by atoms with Gasteiger partial charge in [0.05, 0.1) is 5.00 Å². The van der Waals surface area contributed by atoms with Crippen molar-refractivity contribution in [3.8, 4) is 17.6 Å². The Morgan fingerprint density at radius 3 is 2.55 bits per heavy atom. The average Bonchev–Trinajstić information content (AvgIpc) is 2.78. The Morgan fingerprint density at radius 1 is 1.27 bits per heavy atom. The molecule has 0 saturated heterocycles. The summed E-state index contributed by atoms with van der Waals surface area (Å²) in [5.41, 5.74) is 1.43. The van der Waals surface area contributed by atoms with Gasteiger partial charge < -0.3 is 15.5 Å². The van der Waals surface area contributed by atoms with Crippen LogP contribution in [0.2, 0.25) is 0 Å². The third kappa shape index (κ3) is 3.45. The third-order valence-electron chi connectivity index (χ3n) is 3.08. The molecule has 0 aliphatic rings. The summed E-state index contributed by atoms with van der Waals surface area (Å²) in [7, 11) is 0. The molecule has 0 saturated carbocycles.